The molecule has 0 saturated carbocycles. The first kappa shape index (κ1) is 13.1. The average molecular weight is 309 g/mol. The van der Waals surface area contributed by atoms with Gasteiger partial charge in [-0.25, -0.2) is 0 Å². The largest absolute Gasteiger partial charge is 0.303 e. The summed E-state index contributed by atoms with van der Waals surface area (Å²) in [4.78, 5) is 12.0. The minimum atomic E-state index is -0.124. The van der Waals surface area contributed by atoms with Gasteiger partial charge in [0.25, 0.3) is 5.91 Å². The smallest absolute Gasteiger partial charge is 0.270 e. The molecule has 0 fully saturated rings. The van der Waals surface area contributed by atoms with Crippen LogP contribution in [-0.2, 0) is 0 Å². The zero-order chi connectivity index (χ0) is 13.0. The van der Waals surface area contributed by atoms with Crippen molar-refractivity contribution in [3.05, 3.63) is 46.1 Å². The van der Waals surface area contributed by atoms with E-state index in [-0.39, 0.29) is 5.91 Å². The molecule has 1 aromatic carbocycles. The number of halogens is 1. The van der Waals surface area contributed by atoms with Crippen molar-refractivity contribution < 1.29 is 4.79 Å². The first-order chi connectivity index (χ1) is 8.66. The highest BCUT2D eigenvalue weighted by atomic mass is 79.9. The third kappa shape index (κ3) is 3.35. The first-order valence-corrected chi connectivity index (χ1v) is 6.97. The van der Waals surface area contributed by atoms with Gasteiger partial charge in [0.2, 0.25) is 0 Å². The van der Waals surface area contributed by atoms with Gasteiger partial charge < -0.3 is 5.43 Å². The second kappa shape index (κ2) is 6.05. The number of hydrogen-bond acceptors (Lipinski definition) is 2. The van der Waals surface area contributed by atoms with Gasteiger partial charge in [-0.1, -0.05) is 25.1 Å². The van der Waals surface area contributed by atoms with Gasteiger partial charge in [0.1, 0.15) is 0 Å². The number of hydrogen-bond donors (Lipinski definition) is 2. The fraction of sp³-hybridized carbons (Fsp3) is 0.357. The minimum Gasteiger partial charge on any atom is -0.303 e. The lowest BCUT2D eigenvalue weighted by molar-refractivity contribution is 0.0937. The van der Waals surface area contributed by atoms with Crippen LogP contribution in [0.15, 0.2) is 40.5 Å². The van der Waals surface area contributed by atoms with Crippen molar-refractivity contribution in [2.45, 2.75) is 26.2 Å². The van der Waals surface area contributed by atoms with Crippen LogP contribution in [0.1, 0.15) is 36.5 Å². The molecule has 1 amide bonds. The van der Waals surface area contributed by atoms with E-state index in [0.717, 1.165) is 16.6 Å². The normalized spacial score (nSPS) is 19.0. The Morgan fingerprint density at radius 1 is 1.39 bits per heavy atom. The van der Waals surface area contributed by atoms with E-state index in [1.165, 1.54) is 12.8 Å². The van der Waals surface area contributed by atoms with Gasteiger partial charge in [-0.05, 0) is 53.2 Å². The third-order valence-corrected chi connectivity index (χ3v) is 3.74. The molecule has 1 atom stereocenters. The van der Waals surface area contributed by atoms with E-state index < -0.39 is 0 Å². The highest BCUT2D eigenvalue weighted by Crippen LogP contribution is 2.20. The number of carbonyl (C=O) groups excluding carboxylic acids is 1. The summed E-state index contributed by atoms with van der Waals surface area (Å²) in [5.41, 5.74) is 7.50. The zero-order valence-corrected chi connectivity index (χ0v) is 12.0. The molecule has 4 heteroatoms. The van der Waals surface area contributed by atoms with Crippen LogP contribution >= 0.6 is 15.9 Å². The van der Waals surface area contributed by atoms with Gasteiger partial charge in [0.05, 0.1) is 5.56 Å². The number of carbonyl (C=O) groups is 1. The third-order valence-electron chi connectivity index (χ3n) is 3.05. The standard InChI is InChI=1S/C14H17BrN2O/c1-10-5-4-6-11(9-10)16-17-14(18)12-7-2-3-8-13(12)15/h2-3,7-10,16H,4-6H2,1H3,(H,17,18). The van der Waals surface area contributed by atoms with E-state index in [9.17, 15) is 4.79 Å². The van der Waals surface area contributed by atoms with E-state index in [1.54, 1.807) is 6.07 Å². The van der Waals surface area contributed by atoms with Crippen LogP contribution < -0.4 is 10.9 Å². The van der Waals surface area contributed by atoms with Crippen molar-refractivity contribution in [1.29, 1.82) is 0 Å². The van der Waals surface area contributed by atoms with Crippen LogP contribution in [0.25, 0.3) is 0 Å². The summed E-state index contributed by atoms with van der Waals surface area (Å²) < 4.78 is 0.801. The Morgan fingerprint density at radius 3 is 2.89 bits per heavy atom. The van der Waals surface area contributed by atoms with Crippen molar-refractivity contribution in [1.82, 2.24) is 10.9 Å². The molecule has 0 saturated heterocycles. The maximum absolute atomic E-state index is 12.0. The molecule has 18 heavy (non-hydrogen) atoms. The lowest BCUT2D eigenvalue weighted by Crippen LogP contribution is -2.37. The average Bonchev–Trinajstić information content (AvgIpc) is 2.37. The molecule has 1 unspecified atom stereocenters. The minimum absolute atomic E-state index is 0.124. The highest BCUT2D eigenvalue weighted by Gasteiger charge is 2.12. The predicted molar refractivity (Wildman–Crippen MR) is 75.8 cm³/mol. The van der Waals surface area contributed by atoms with Gasteiger partial charge in [-0.2, -0.15) is 0 Å². The SMILES string of the molecule is CC1C=C(NNC(=O)c2ccccc2Br)CCC1. The number of rotatable bonds is 3. The molecule has 1 aliphatic carbocycles. The Morgan fingerprint density at radius 2 is 2.17 bits per heavy atom. The van der Waals surface area contributed by atoms with Crippen molar-refractivity contribution in [2.75, 3.05) is 0 Å². The molecule has 0 heterocycles. The topological polar surface area (TPSA) is 41.1 Å². The Bertz CT molecular complexity index is 471. The van der Waals surface area contributed by atoms with Gasteiger partial charge in [-0.3, -0.25) is 10.2 Å². The number of hydrazine groups is 1. The molecule has 96 valence electrons. The maximum Gasteiger partial charge on any atom is 0.270 e. The van der Waals surface area contributed by atoms with Gasteiger partial charge in [0, 0.05) is 10.2 Å². The zero-order valence-electron chi connectivity index (χ0n) is 10.4. The van der Waals surface area contributed by atoms with E-state index in [0.29, 0.717) is 11.5 Å². The summed E-state index contributed by atoms with van der Waals surface area (Å²) in [6.07, 6.45) is 5.58. The van der Waals surface area contributed by atoms with Crippen LogP contribution in [0.2, 0.25) is 0 Å². The van der Waals surface area contributed by atoms with Gasteiger partial charge in [0.15, 0.2) is 0 Å². The predicted octanol–water partition coefficient (Wildman–Crippen LogP) is 3.39. The molecule has 0 radical (unpaired) electrons. The van der Waals surface area contributed by atoms with E-state index in [4.69, 9.17) is 0 Å². The van der Waals surface area contributed by atoms with Crippen LogP contribution in [0, 0.1) is 5.92 Å². The molecule has 2 N–H and O–H groups in total. The van der Waals surface area contributed by atoms with Crippen molar-refractivity contribution in [2.24, 2.45) is 5.92 Å². The molecule has 0 spiro atoms. The fourth-order valence-electron chi connectivity index (χ4n) is 2.08. The molecule has 1 aliphatic rings. The molecule has 0 aliphatic heterocycles. The van der Waals surface area contributed by atoms with Crippen LogP contribution in [0.5, 0.6) is 0 Å². The number of allylic oxidation sites excluding steroid dienone is 2. The van der Waals surface area contributed by atoms with Crippen LogP contribution in [-0.4, -0.2) is 5.91 Å². The molecular weight excluding hydrogens is 292 g/mol. The van der Waals surface area contributed by atoms with Crippen LogP contribution in [0.3, 0.4) is 0 Å². The lowest BCUT2D eigenvalue weighted by Gasteiger charge is -2.19. The molecule has 0 bridgehead atoms. The second-order valence-corrected chi connectivity index (χ2v) is 5.47. The van der Waals surface area contributed by atoms with E-state index >= 15 is 0 Å². The fourth-order valence-corrected chi connectivity index (χ4v) is 2.54. The summed E-state index contributed by atoms with van der Waals surface area (Å²) in [6, 6.07) is 7.39. The number of nitrogens with one attached hydrogen (secondary N) is 2. The van der Waals surface area contributed by atoms with Gasteiger partial charge in [-0.15, -0.1) is 0 Å². The lowest BCUT2D eigenvalue weighted by atomic mass is 9.96. The van der Waals surface area contributed by atoms with Gasteiger partial charge >= 0.3 is 0 Å². The monoisotopic (exact) mass is 308 g/mol. The summed E-state index contributed by atoms with van der Waals surface area (Å²) in [5, 5.41) is 0. The Labute approximate surface area is 116 Å². The van der Waals surface area contributed by atoms with E-state index in [2.05, 4.69) is 39.8 Å². The molecule has 3 nitrogen and oxygen atoms in total. The van der Waals surface area contributed by atoms with Crippen molar-refractivity contribution >= 4 is 21.8 Å². The number of benzene rings is 1. The first-order valence-electron chi connectivity index (χ1n) is 6.18. The summed E-state index contributed by atoms with van der Waals surface area (Å²) in [5.74, 6) is 0.461. The van der Waals surface area contributed by atoms with Crippen LogP contribution in [0.4, 0.5) is 0 Å². The summed E-state index contributed by atoms with van der Waals surface area (Å²) >= 11 is 3.37. The molecule has 2 rings (SSSR count). The number of amides is 1. The summed E-state index contributed by atoms with van der Waals surface area (Å²) in [7, 11) is 0. The maximum atomic E-state index is 12.0. The Balaban J connectivity index is 1.95. The molecule has 1 aromatic rings. The Kier molecular flexibility index (Phi) is 4.42. The van der Waals surface area contributed by atoms with E-state index in [1.807, 2.05) is 18.2 Å². The Hall–Kier alpha value is -1.29. The van der Waals surface area contributed by atoms with Crippen molar-refractivity contribution in [3.63, 3.8) is 0 Å². The quantitative estimate of drug-likeness (QED) is 0.840. The highest BCUT2D eigenvalue weighted by molar-refractivity contribution is 9.10. The molecular formula is C14H17BrN2O. The second-order valence-electron chi connectivity index (χ2n) is 4.62. The molecule has 0 aromatic heterocycles. The van der Waals surface area contributed by atoms with Crippen molar-refractivity contribution in [3.8, 4) is 0 Å². The summed E-state index contributed by atoms with van der Waals surface area (Å²) in [6.45, 7) is 2.19.